The van der Waals surface area contributed by atoms with E-state index >= 15 is 0 Å². The van der Waals surface area contributed by atoms with E-state index in [2.05, 4.69) is 62.5 Å². The SMILES string of the molecule is CC/C=C\C/C=C\C/C=C\CCCCCC(=O)OC(COC(=O)CCCCCCC/C=C\CCCC)COC1OC(CS(=O)(=O)O)C(O)C(O)C1O. The summed E-state index contributed by atoms with van der Waals surface area (Å²) in [7, 11) is -4.60. The van der Waals surface area contributed by atoms with Gasteiger partial charge in [0, 0.05) is 12.8 Å². The lowest BCUT2D eigenvalue weighted by atomic mass is 10.00. The Kier molecular flexibility index (Phi) is 27.5. The van der Waals surface area contributed by atoms with E-state index in [0.29, 0.717) is 12.8 Å². The molecule has 52 heavy (non-hydrogen) atoms. The van der Waals surface area contributed by atoms with Crippen LogP contribution < -0.4 is 0 Å². The van der Waals surface area contributed by atoms with Crippen LogP contribution in [-0.4, -0.2) is 96.0 Å². The molecule has 1 saturated heterocycles. The largest absolute Gasteiger partial charge is 0.462 e. The first kappa shape index (κ1) is 47.6. The maximum atomic E-state index is 12.7. The molecule has 1 heterocycles. The number of esters is 2. The van der Waals surface area contributed by atoms with Crippen LogP contribution in [0.2, 0.25) is 0 Å². The Labute approximate surface area is 312 Å². The van der Waals surface area contributed by atoms with Crippen LogP contribution in [0, 0.1) is 0 Å². The van der Waals surface area contributed by atoms with Crippen molar-refractivity contribution >= 4 is 22.1 Å². The highest BCUT2D eigenvalue weighted by Gasteiger charge is 2.46. The van der Waals surface area contributed by atoms with Crippen LogP contribution in [-0.2, 0) is 38.7 Å². The Bertz CT molecular complexity index is 1170. The first-order valence-electron chi connectivity index (χ1n) is 19.2. The van der Waals surface area contributed by atoms with E-state index in [9.17, 15) is 37.9 Å². The molecule has 1 rings (SSSR count). The molecule has 1 aliphatic rings. The van der Waals surface area contributed by atoms with Gasteiger partial charge in [0.25, 0.3) is 10.1 Å². The average Bonchev–Trinajstić information content (AvgIpc) is 3.10. The number of carbonyl (C=O) groups is 2. The second-order valence-corrected chi connectivity index (χ2v) is 14.7. The summed E-state index contributed by atoms with van der Waals surface area (Å²) in [5.41, 5.74) is 0. The highest BCUT2D eigenvalue weighted by atomic mass is 32.2. The molecule has 0 aromatic heterocycles. The van der Waals surface area contributed by atoms with Gasteiger partial charge in [-0.1, -0.05) is 101 Å². The maximum Gasteiger partial charge on any atom is 0.306 e. The van der Waals surface area contributed by atoms with E-state index in [-0.39, 0.29) is 19.4 Å². The molecule has 0 aromatic carbocycles. The van der Waals surface area contributed by atoms with Gasteiger partial charge in [-0.25, -0.2) is 0 Å². The number of carbonyl (C=O) groups excluding carboxylic acids is 2. The second-order valence-electron chi connectivity index (χ2n) is 13.2. The van der Waals surface area contributed by atoms with Crippen molar-refractivity contribution in [2.75, 3.05) is 19.0 Å². The van der Waals surface area contributed by atoms with Crippen LogP contribution in [0.4, 0.5) is 0 Å². The second kappa shape index (κ2) is 30.0. The van der Waals surface area contributed by atoms with Crippen molar-refractivity contribution in [2.24, 2.45) is 0 Å². The van der Waals surface area contributed by atoms with Crippen molar-refractivity contribution in [1.82, 2.24) is 0 Å². The molecule has 6 atom stereocenters. The Morgan fingerprint density at radius 1 is 0.673 bits per heavy atom. The molecule has 0 aromatic rings. The first-order chi connectivity index (χ1) is 25.0. The lowest BCUT2D eigenvalue weighted by Crippen LogP contribution is -2.60. The van der Waals surface area contributed by atoms with Crippen LogP contribution in [0.25, 0.3) is 0 Å². The van der Waals surface area contributed by atoms with Crippen molar-refractivity contribution in [3.63, 3.8) is 0 Å². The molecule has 0 saturated carbocycles. The van der Waals surface area contributed by atoms with Gasteiger partial charge in [0.1, 0.15) is 36.8 Å². The maximum absolute atomic E-state index is 12.7. The van der Waals surface area contributed by atoms with Crippen LogP contribution in [0.3, 0.4) is 0 Å². The summed E-state index contributed by atoms with van der Waals surface area (Å²) in [6, 6.07) is 0. The molecular formula is C39H66O12S. The van der Waals surface area contributed by atoms with Gasteiger partial charge in [0.2, 0.25) is 0 Å². The molecule has 13 heteroatoms. The van der Waals surface area contributed by atoms with Crippen molar-refractivity contribution in [3.8, 4) is 0 Å². The Hall–Kier alpha value is -2.39. The zero-order valence-electron chi connectivity index (χ0n) is 31.4. The lowest BCUT2D eigenvalue weighted by molar-refractivity contribution is -0.297. The fraction of sp³-hybridized carbons (Fsp3) is 0.744. The van der Waals surface area contributed by atoms with Gasteiger partial charge in [-0.3, -0.25) is 14.1 Å². The topological polar surface area (TPSA) is 186 Å². The zero-order valence-corrected chi connectivity index (χ0v) is 32.2. The fourth-order valence-corrected chi connectivity index (χ4v) is 6.07. The third-order valence-electron chi connectivity index (χ3n) is 8.39. The van der Waals surface area contributed by atoms with Gasteiger partial charge in [-0.05, 0) is 64.2 Å². The molecule has 1 fully saturated rings. The van der Waals surface area contributed by atoms with E-state index in [1.165, 1.54) is 12.8 Å². The first-order valence-corrected chi connectivity index (χ1v) is 20.8. The number of aliphatic hydroxyl groups excluding tert-OH is 3. The van der Waals surface area contributed by atoms with Gasteiger partial charge in [0.05, 0.1) is 6.61 Å². The summed E-state index contributed by atoms with van der Waals surface area (Å²) in [6.45, 7) is 3.53. The number of hydrogen-bond donors (Lipinski definition) is 4. The Morgan fingerprint density at radius 3 is 1.85 bits per heavy atom. The summed E-state index contributed by atoms with van der Waals surface area (Å²) >= 11 is 0. The highest BCUT2D eigenvalue weighted by Crippen LogP contribution is 2.24. The van der Waals surface area contributed by atoms with Crippen molar-refractivity contribution in [2.45, 2.75) is 166 Å². The number of ether oxygens (including phenoxy) is 4. The van der Waals surface area contributed by atoms with Gasteiger partial charge >= 0.3 is 11.9 Å². The Balaban J connectivity index is 2.57. The van der Waals surface area contributed by atoms with Crippen molar-refractivity contribution in [3.05, 3.63) is 48.6 Å². The van der Waals surface area contributed by atoms with Crippen LogP contribution in [0.1, 0.15) is 129 Å². The van der Waals surface area contributed by atoms with Crippen LogP contribution >= 0.6 is 0 Å². The standard InChI is InChI=1S/C39H66O12S/c1-3-5-7-9-11-13-15-16-18-20-22-24-26-28-35(41)50-32(29-48-34(40)27-25-23-21-19-17-14-12-10-8-6-4-2)30-49-39-38(44)37(43)36(42)33(51-39)31-52(45,46)47/h5,7,10-13,16,18,32-33,36-39,42-44H,3-4,6,8-9,14-15,17,19-31H2,1-2H3,(H,45,46,47)/b7-5-,12-10-,13-11-,18-16-. The molecule has 300 valence electrons. The van der Waals surface area contributed by atoms with E-state index in [1.54, 1.807) is 0 Å². The van der Waals surface area contributed by atoms with Gasteiger partial charge in [-0.15, -0.1) is 0 Å². The smallest absolute Gasteiger partial charge is 0.306 e. The average molecular weight is 759 g/mol. The molecule has 12 nitrogen and oxygen atoms in total. The van der Waals surface area contributed by atoms with Crippen molar-refractivity contribution < 1.29 is 56.8 Å². The van der Waals surface area contributed by atoms with E-state index in [1.807, 2.05) is 0 Å². The quantitative estimate of drug-likeness (QED) is 0.0272. The minimum absolute atomic E-state index is 0.126. The minimum Gasteiger partial charge on any atom is -0.462 e. The zero-order chi connectivity index (χ0) is 38.5. The van der Waals surface area contributed by atoms with E-state index in [4.69, 9.17) is 18.9 Å². The van der Waals surface area contributed by atoms with Gasteiger partial charge < -0.3 is 34.3 Å². The van der Waals surface area contributed by atoms with Crippen LogP contribution in [0.5, 0.6) is 0 Å². The predicted octanol–water partition coefficient (Wildman–Crippen LogP) is 6.44. The number of rotatable bonds is 30. The van der Waals surface area contributed by atoms with Gasteiger partial charge in [-0.2, -0.15) is 8.42 Å². The minimum atomic E-state index is -4.60. The van der Waals surface area contributed by atoms with E-state index < -0.39 is 71.2 Å². The molecule has 0 bridgehead atoms. The molecule has 6 unspecified atom stereocenters. The van der Waals surface area contributed by atoms with Gasteiger partial charge in [0.15, 0.2) is 12.4 Å². The molecule has 1 aliphatic heterocycles. The molecule has 4 N–H and O–H groups in total. The Morgan fingerprint density at radius 2 is 1.21 bits per heavy atom. The number of hydrogen-bond acceptors (Lipinski definition) is 11. The summed E-state index contributed by atoms with van der Waals surface area (Å²) in [6.07, 6.45) is 23.2. The number of unbranched alkanes of at least 4 members (excludes halogenated alkanes) is 10. The summed E-state index contributed by atoms with van der Waals surface area (Å²) < 4.78 is 53.7. The monoisotopic (exact) mass is 758 g/mol. The molecule has 0 spiro atoms. The summed E-state index contributed by atoms with van der Waals surface area (Å²) in [5, 5.41) is 30.7. The molecule has 0 amide bonds. The molecular weight excluding hydrogens is 692 g/mol. The molecule has 0 aliphatic carbocycles. The third-order valence-corrected chi connectivity index (χ3v) is 9.14. The van der Waals surface area contributed by atoms with Crippen molar-refractivity contribution in [1.29, 1.82) is 0 Å². The fourth-order valence-electron chi connectivity index (χ4n) is 5.38. The normalized spacial score (nSPS) is 21.8. The summed E-state index contributed by atoms with van der Waals surface area (Å²) in [5.74, 6) is -2.04. The number of aliphatic hydroxyl groups is 3. The van der Waals surface area contributed by atoms with E-state index in [0.717, 1.165) is 77.0 Å². The lowest BCUT2D eigenvalue weighted by Gasteiger charge is -2.40. The number of allylic oxidation sites excluding steroid dienone is 8. The predicted molar refractivity (Wildman–Crippen MR) is 201 cm³/mol. The molecule has 0 radical (unpaired) electrons. The van der Waals surface area contributed by atoms with Crippen LogP contribution in [0.15, 0.2) is 48.6 Å². The third kappa shape index (κ3) is 24.8. The highest BCUT2D eigenvalue weighted by molar-refractivity contribution is 7.85. The summed E-state index contributed by atoms with van der Waals surface area (Å²) in [4.78, 5) is 25.2.